The Labute approximate surface area is 135 Å². The Kier molecular flexibility index (Phi) is 5.41. The Morgan fingerprint density at radius 2 is 1.68 bits per heavy atom. The maximum absolute atomic E-state index is 11.9. The van der Waals surface area contributed by atoms with Crippen LogP contribution in [0.2, 0.25) is 5.02 Å². The molecule has 0 aliphatic carbocycles. The number of hydrogen-bond acceptors (Lipinski definition) is 2. The van der Waals surface area contributed by atoms with Gasteiger partial charge in [-0.15, -0.1) is 0 Å². The maximum atomic E-state index is 11.9. The topological polar surface area (TPSA) is 61.4 Å². The van der Waals surface area contributed by atoms with E-state index in [1.54, 1.807) is 31.2 Å². The van der Waals surface area contributed by atoms with E-state index >= 15 is 0 Å². The zero-order valence-corrected chi connectivity index (χ0v) is 13.3. The molecule has 5 heteroatoms. The molecule has 0 bridgehead atoms. The highest BCUT2D eigenvalue weighted by Gasteiger charge is 2.18. The van der Waals surface area contributed by atoms with E-state index in [1.165, 1.54) is 0 Å². The molecule has 4 nitrogen and oxygen atoms in total. The van der Waals surface area contributed by atoms with Gasteiger partial charge in [0.05, 0.1) is 12.1 Å². The number of hydrogen-bond donors (Lipinski definition) is 3. The van der Waals surface area contributed by atoms with Gasteiger partial charge in [-0.25, -0.2) is 4.79 Å². The number of aliphatic hydroxyl groups excluding tert-OH is 1. The molecule has 2 amide bonds. The molecule has 2 rings (SSSR count). The number of halogens is 1. The van der Waals surface area contributed by atoms with Crippen LogP contribution in [-0.2, 0) is 0 Å². The summed E-state index contributed by atoms with van der Waals surface area (Å²) in [5.74, 6) is 0. The smallest absolute Gasteiger partial charge is 0.319 e. The number of anilines is 1. The number of benzene rings is 2. The Morgan fingerprint density at radius 1 is 1.09 bits per heavy atom. The highest BCUT2D eigenvalue weighted by molar-refractivity contribution is 6.30. The number of amides is 2. The molecule has 116 valence electrons. The minimum atomic E-state index is -0.767. The lowest BCUT2D eigenvalue weighted by Gasteiger charge is -2.21. The number of rotatable bonds is 4. The van der Waals surface area contributed by atoms with Crippen LogP contribution >= 0.6 is 11.6 Å². The van der Waals surface area contributed by atoms with Crippen LogP contribution in [0.25, 0.3) is 0 Å². The fourth-order valence-electron chi connectivity index (χ4n) is 2.04. The summed E-state index contributed by atoms with van der Waals surface area (Å²) in [7, 11) is 0. The standard InChI is InChI=1S/C17H19ClN2O2/c1-11-3-5-13(6-4-11)16(21)12(2)19-17(22)20-15-9-7-14(18)8-10-15/h3-10,12,16,21H,1-2H3,(H2,19,20,22). The zero-order chi connectivity index (χ0) is 16.1. The van der Waals surface area contributed by atoms with Crippen molar-refractivity contribution in [1.29, 1.82) is 0 Å². The number of aryl methyl sites for hydroxylation is 1. The minimum absolute atomic E-state index is 0.374. The van der Waals surface area contributed by atoms with Crippen LogP contribution in [0.1, 0.15) is 24.2 Å². The molecule has 0 radical (unpaired) electrons. The number of carbonyl (C=O) groups is 1. The molecule has 0 saturated heterocycles. The lowest BCUT2D eigenvalue weighted by molar-refractivity contribution is 0.139. The van der Waals surface area contributed by atoms with E-state index in [1.807, 2.05) is 31.2 Å². The molecule has 0 fully saturated rings. The van der Waals surface area contributed by atoms with Gasteiger partial charge >= 0.3 is 6.03 Å². The molecule has 2 aromatic rings. The number of urea groups is 1. The van der Waals surface area contributed by atoms with Crippen molar-refractivity contribution in [2.24, 2.45) is 0 Å². The number of aliphatic hydroxyl groups is 1. The van der Waals surface area contributed by atoms with Gasteiger partial charge in [-0.3, -0.25) is 0 Å². The van der Waals surface area contributed by atoms with Crippen molar-refractivity contribution < 1.29 is 9.90 Å². The van der Waals surface area contributed by atoms with Crippen molar-refractivity contribution in [2.75, 3.05) is 5.32 Å². The summed E-state index contributed by atoms with van der Waals surface area (Å²) in [5, 5.41) is 16.3. The van der Waals surface area contributed by atoms with E-state index in [0.29, 0.717) is 10.7 Å². The summed E-state index contributed by atoms with van der Waals surface area (Å²) in [6.07, 6.45) is -0.767. The summed E-state index contributed by atoms with van der Waals surface area (Å²) in [6, 6.07) is 13.6. The highest BCUT2D eigenvalue weighted by atomic mass is 35.5. The van der Waals surface area contributed by atoms with Gasteiger partial charge < -0.3 is 15.7 Å². The van der Waals surface area contributed by atoms with E-state index in [4.69, 9.17) is 11.6 Å². The maximum Gasteiger partial charge on any atom is 0.319 e. The SMILES string of the molecule is Cc1ccc(C(O)C(C)NC(=O)Nc2ccc(Cl)cc2)cc1. The second-order valence-corrected chi connectivity index (χ2v) is 5.69. The Bertz CT molecular complexity index is 626. The van der Waals surface area contributed by atoms with Crippen LogP contribution in [0, 0.1) is 6.92 Å². The molecule has 22 heavy (non-hydrogen) atoms. The molecule has 0 aliphatic heterocycles. The molecule has 0 saturated carbocycles. The summed E-state index contributed by atoms with van der Waals surface area (Å²) < 4.78 is 0. The third kappa shape index (κ3) is 4.48. The monoisotopic (exact) mass is 318 g/mol. The molecule has 0 aromatic heterocycles. The van der Waals surface area contributed by atoms with Gasteiger partial charge in [0.2, 0.25) is 0 Å². The average molecular weight is 319 g/mol. The third-order valence-corrected chi connectivity index (χ3v) is 3.61. The minimum Gasteiger partial charge on any atom is -0.386 e. The quantitative estimate of drug-likeness (QED) is 0.801. The predicted molar refractivity (Wildman–Crippen MR) is 89.2 cm³/mol. The van der Waals surface area contributed by atoms with Crippen LogP contribution in [0.4, 0.5) is 10.5 Å². The van der Waals surface area contributed by atoms with Crippen molar-refractivity contribution in [2.45, 2.75) is 26.0 Å². The predicted octanol–water partition coefficient (Wildman–Crippen LogP) is 3.89. The molecule has 3 N–H and O–H groups in total. The van der Waals surface area contributed by atoms with E-state index in [0.717, 1.165) is 11.1 Å². The Morgan fingerprint density at radius 3 is 2.27 bits per heavy atom. The van der Waals surface area contributed by atoms with Crippen molar-refractivity contribution in [1.82, 2.24) is 5.32 Å². The van der Waals surface area contributed by atoms with Crippen LogP contribution in [-0.4, -0.2) is 17.2 Å². The van der Waals surface area contributed by atoms with Crippen molar-refractivity contribution >= 4 is 23.3 Å². The van der Waals surface area contributed by atoms with E-state index < -0.39 is 12.1 Å². The van der Waals surface area contributed by atoms with Gasteiger partial charge in [0, 0.05) is 10.7 Å². The van der Waals surface area contributed by atoms with Gasteiger partial charge in [0.15, 0.2) is 0 Å². The lowest BCUT2D eigenvalue weighted by Crippen LogP contribution is -2.39. The summed E-state index contributed by atoms with van der Waals surface area (Å²) in [5.41, 5.74) is 2.53. The highest BCUT2D eigenvalue weighted by Crippen LogP contribution is 2.18. The average Bonchev–Trinajstić information content (AvgIpc) is 2.49. The molecule has 0 heterocycles. The van der Waals surface area contributed by atoms with Crippen LogP contribution in [0.5, 0.6) is 0 Å². The first-order valence-corrected chi connectivity index (χ1v) is 7.41. The lowest BCUT2D eigenvalue weighted by atomic mass is 10.0. The first kappa shape index (κ1) is 16.3. The molecule has 0 aliphatic rings. The van der Waals surface area contributed by atoms with Gasteiger partial charge in [-0.1, -0.05) is 41.4 Å². The van der Waals surface area contributed by atoms with Crippen LogP contribution in [0.15, 0.2) is 48.5 Å². The van der Waals surface area contributed by atoms with E-state index in [2.05, 4.69) is 10.6 Å². The second-order valence-electron chi connectivity index (χ2n) is 5.25. The fraction of sp³-hybridized carbons (Fsp3) is 0.235. The summed E-state index contributed by atoms with van der Waals surface area (Å²) >= 11 is 5.79. The molecule has 2 aromatic carbocycles. The Hall–Kier alpha value is -2.04. The Balaban J connectivity index is 1.92. The summed E-state index contributed by atoms with van der Waals surface area (Å²) in [4.78, 5) is 11.9. The zero-order valence-electron chi connectivity index (χ0n) is 12.5. The normalized spacial score (nSPS) is 13.3. The van der Waals surface area contributed by atoms with Crippen LogP contribution in [0.3, 0.4) is 0 Å². The van der Waals surface area contributed by atoms with E-state index in [9.17, 15) is 9.90 Å². The largest absolute Gasteiger partial charge is 0.386 e. The molecule has 0 spiro atoms. The number of nitrogens with one attached hydrogen (secondary N) is 2. The van der Waals surface area contributed by atoms with E-state index in [-0.39, 0.29) is 6.03 Å². The first-order valence-electron chi connectivity index (χ1n) is 7.03. The fourth-order valence-corrected chi connectivity index (χ4v) is 2.16. The molecular weight excluding hydrogens is 300 g/mol. The van der Waals surface area contributed by atoms with Gasteiger partial charge in [-0.05, 0) is 43.7 Å². The van der Waals surface area contributed by atoms with Crippen molar-refractivity contribution in [3.8, 4) is 0 Å². The number of carbonyl (C=O) groups excluding carboxylic acids is 1. The molecule has 2 unspecified atom stereocenters. The first-order chi connectivity index (χ1) is 10.5. The molecule has 2 atom stereocenters. The van der Waals surface area contributed by atoms with Gasteiger partial charge in [-0.2, -0.15) is 0 Å². The van der Waals surface area contributed by atoms with Crippen molar-refractivity contribution in [3.63, 3.8) is 0 Å². The van der Waals surface area contributed by atoms with Gasteiger partial charge in [0.1, 0.15) is 0 Å². The summed E-state index contributed by atoms with van der Waals surface area (Å²) in [6.45, 7) is 3.74. The van der Waals surface area contributed by atoms with Gasteiger partial charge in [0.25, 0.3) is 0 Å². The van der Waals surface area contributed by atoms with Crippen molar-refractivity contribution in [3.05, 3.63) is 64.7 Å². The second kappa shape index (κ2) is 7.29. The molecular formula is C17H19ClN2O2. The van der Waals surface area contributed by atoms with Crippen LogP contribution < -0.4 is 10.6 Å². The third-order valence-electron chi connectivity index (χ3n) is 3.35.